The largest absolute Gasteiger partial charge is 0.496 e. The standard InChI is InChI=1S/C38H40N8O3/c1-23-18-27(12-14-31(23)48-7)46-36(20-33(45-46)38(4,5)6)44-37(47)42-30-13-15-32(29-11-9-8-10-28(29)30)49-22-26-16-17-39-34(19-26)43-35-21-40-24(2)25(3)41-35/h8-21H,22H2,1-7H3,(H,39,41,43)(H2,42,44,47). The molecule has 0 radical (unpaired) electrons. The van der Waals surface area contributed by atoms with Crippen molar-refractivity contribution in [1.29, 1.82) is 0 Å². The van der Waals surface area contributed by atoms with E-state index in [1.165, 1.54) is 0 Å². The van der Waals surface area contributed by atoms with Crippen LogP contribution in [0.25, 0.3) is 16.5 Å². The third-order valence-corrected chi connectivity index (χ3v) is 8.14. The first-order valence-corrected chi connectivity index (χ1v) is 16.0. The number of hydrogen-bond acceptors (Lipinski definition) is 8. The number of ether oxygens (including phenoxy) is 2. The van der Waals surface area contributed by atoms with Gasteiger partial charge in [-0.2, -0.15) is 5.10 Å². The van der Waals surface area contributed by atoms with Gasteiger partial charge in [-0.05, 0) is 74.4 Å². The lowest BCUT2D eigenvalue weighted by molar-refractivity contribution is 0.262. The fraction of sp³-hybridized carbons (Fsp3) is 0.237. The minimum atomic E-state index is -0.393. The van der Waals surface area contributed by atoms with Gasteiger partial charge in [-0.3, -0.25) is 10.3 Å². The van der Waals surface area contributed by atoms with Crippen molar-refractivity contribution in [3.63, 3.8) is 0 Å². The van der Waals surface area contributed by atoms with Crippen molar-refractivity contribution < 1.29 is 14.3 Å². The molecule has 3 heterocycles. The number of benzene rings is 3. The highest BCUT2D eigenvalue weighted by Crippen LogP contribution is 2.33. The average Bonchev–Trinajstić information content (AvgIpc) is 3.50. The summed E-state index contributed by atoms with van der Waals surface area (Å²) >= 11 is 0. The summed E-state index contributed by atoms with van der Waals surface area (Å²) in [4.78, 5) is 26.8. The third kappa shape index (κ3) is 7.46. The molecular weight excluding hydrogens is 616 g/mol. The Hall–Kier alpha value is -5.97. The van der Waals surface area contributed by atoms with Gasteiger partial charge in [0, 0.05) is 28.5 Å². The van der Waals surface area contributed by atoms with Gasteiger partial charge in [0.25, 0.3) is 0 Å². The first-order chi connectivity index (χ1) is 23.5. The van der Waals surface area contributed by atoms with E-state index in [0.29, 0.717) is 35.5 Å². The smallest absolute Gasteiger partial charge is 0.324 e. The lowest BCUT2D eigenvalue weighted by Crippen LogP contribution is -2.21. The Kier molecular flexibility index (Phi) is 9.17. The molecule has 0 bridgehead atoms. The van der Waals surface area contributed by atoms with Gasteiger partial charge in [-0.1, -0.05) is 45.0 Å². The number of pyridine rings is 1. The zero-order valence-corrected chi connectivity index (χ0v) is 28.8. The van der Waals surface area contributed by atoms with E-state index in [1.54, 1.807) is 24.2 Å². The summed E-state index contributed by atoms with van der Waals surface area (Å²) in [6.45, 7) is 12.4. The molecule has 3 aromatic heterocycles. The number of nitrogens with one attached hydrogen (secondary N) is 3. The number of methoxy groups -OCH3 is 1. The molecule has 0 saturated carbocycles. The fourth-order valence-corrected chi connectivity index (χ4v) is 5.33. The monoisotopic (exact) mass is 656 g/mol. The van der Waals surface area contributed by atoms with Gasteiger partial charge in [0.2, 0.25) is 0 Å². The van der Waals surface area contributed by atoms with Gasteiger partial charge in [-0.25, -0.2) is 19.4 Å². The Balaban J connectivity index is 1.19. The molecule has 0 aliphatic carbocycles. The molecule has 49 heavy (non-hydrogen) atoms. The summed E-state index contributed by atoms with van der Waals surface area (Å²) in [6.07, 6.45) is 3.42. The molecule has 0 aliphatic rings. The van der Waals surface area contributed by atoms with Gasteiger partial charge in [0.1, 0.15) is 35.6 Å². The number of carbonyl (C=O) groups excluding carboxylic acids is 1. The molecule has 0 fully saturated rings. The van der Waals surface area contributed by atoms with E-state index in [-0.39, 0.29) is 5.41 Å². The van der Waals surface area contributed by atoms with E-state index < -0.39 is 6.03 Å². The summed E-state index contributed by atoms with van der Waals surface area (Å²) in [5.74, 6) is 3.29. The summed E-state index contributed by atoms with van der Waals surface area (Å²) < 4.78 is 13.5. The predicted octanol–water partition coefficient (Wildman–Crippen LogP) is 8.41. The lowest BCUT2D eigenvalue weighted by atomic mass is 9.92. The highest BCUT2D eigenvalue weighted by atomic mass is 16.5. The van der Waals surface area contributed by atoms with E-state index in [0.717, 1.165) is 50.4 Å². The molecule has 0 saturated heterocycles. The van der Waals surface area contributed by atoms with Crippen LogP contribution in [-0.2, 0) is 12.0 Å². The van der Waals surface area contributed by atoms with Gasteiger partial charge in [0.15, 0.2) is 0 Å². The molecule has 3 N–H and O–H groups in total. The number of aryl methyl sites for hydroxylation is 3. The number of rotatable bonds is 9. The molecule has 6 rings (SSSR count). The number of carbonyl (C=O) groups is 1. The average molecular weight is 657 g/mol. The fourth-order valence-electron chi connectivity index (χ4n) is 5.33. The van der Waals surface area contributed by atoms with Crippen LogP contribution >= 0.6 is 0 Å². The number of aromatic nitrogens is 5. The second-order valence-corrected chi connectivity index (χ2v) is 12.9. The van der Waals surface area contributed by atoms with Crippen LogP contribution in [0, 0.1) is 20.8 Å². The Morgan fingerprint density at radius 1 is 0.837 bits per heavy atom. The Morgan fingerprint density at radius 3 is 2.35 bits per heavy atom. The van der Waals surface area contributed by atoms with Crippen LogP contribution in [0.15, 0.2) is 85.2 Å². The lowest BCUT2D eigenvalue weighted by Gasteiger charge is -2.15. The maximum absolute atomic E-state index is 13.5. The van der Waals surface area contributed by atoms with Crippen molar-refractivity contribution in [2.45, 2.75) is 53.6 Å². The molecular formula is C38H40N8O3. The molecule has 0 spiro atoms. The van der Waals surface area contributed by atoms with Crippen LogP contribution in [0.1, 0.15) is 49.0 Å². The van der Waals surface area contributed by atoms with Gasteiger partial charge < -0.3 is 20.1 Å². The normalized spacial score (nSPS) is 11.3. The second kappa shape index (κ2) is 13.6. The molecule has 6 aromatic rings. The summed E-state index contributed by atoms with van der Waals surface area (Å²) in [6, 6.07) is 22.7. The highest BCUT2D eigenvalue weighted by Gasteiger charge is 2.22. The number of fused-ring (bicyclic) bond motifs is 1. The molecule has 11 heteroatoms. The first-order valence-electron chi connectivity index (χ1n) is 16.0. The van der Waals surface area contributed by atoms with Crippen molar-refractivity contribution in [3.05, 3.63) is 113 Å². The SMILES string of the molecule is COc1ccc(-n2nc(C(C)(C)C)cc2NC(=O)Nc2ccc(OCc3ccnc(Nc4cnc(C)c(C)n4)c3)c3ccccc23)cc1C. The molecule has 3 aromatic carbocycles. The zero-order chi connectivity index (χ0) is 34.7. The number of amides is 2. The Bertz CT molecular complexity index is 2150. The quantitative estimate of drug-likeness (QED) is 0.142. The Morgan fingerprint density at radius 2 is 1.61 bits per heavy atom. The maximum atomic E-state index is 13.5. The first kappa shape index (κ1) is 33.0. The molecule has 250 valence electrons. The van der Waals surface area contributed by atoms with Crippen LogP contribution in [0.3, 0.4) is 0 Å². The number of hydrogen-bond donors (Lipinski definition) is 3. The highest BCUT2D eigenvalue weighted by molar-refractivity contribution is 6.07. The topological polar surface area (TPSA) is 128 Å². The van der Waals surface area contributed by atoms with E-state index in [9.17, 15) is 4.79 Å². The van der Waals surface area contributed by atoms with E-state index >= 15 is 0 Å². The number of nitrogens with zero attached hydrogens (tertiary/aromatic N) is 5. The molecule has 11 nitrogen and oxygen atoms in total. The summed E-state index contributed by atoms with van der Waals surface area (Å²) in [7, 11) is 1.65. The molecule has 2 amide bonds. The zero-order valence-electron chi connectivity index (χ0n) is 28.8. The molecule has 0 unspecified atom stereocenters. The number of urea groups is 1. The van der Waals surface area contributed by atoms with Gasteiger partial charge in [-0.15, -0.1) is 0 Å². The summed E-state index contributed by atoms with van der Waals surface area (Å²) in [5.41, 5.74) is 5.71. The van der Waals surface area contributed by atoms with Crippen molar-refractivity contribution in [3.8, 4) is 17.2 Å². The second-order valence-electron chi connectivity index (χ2n) is 12.9. The van der Waals surface area contributed by atoms with E-state index in [4.69, 9.17) is 14.6 Å². The van der Waals surface area contributed by atoms with E-state index in [1.807, 2.05) is 93.6 Å². The van der Waals surface area contributed by atoms with Crippen LogP contribution in [0.5, 0.6) is 11.5 Å². The molecule has 0 atom stereocenters. The summed E-state index contributed by atoms with van der Waals surface area (Å²) in [5, 5.41) is 15.8. The minimum Gasteiger partial charge on any atom is -0.496 e. The van der Waals surface area contributed by atoms with Crippen LogP contribution < -0.4 is 25.4 Å². The maximum Gasteiger partial charge on any atom is 0.324 e. The number of anilines is 4. The van der Waals surface area contributed by atoms with Gasteiger partial charge >= 0.3 is 6.03 Å². The van der Waals surface area contributed by atoms with Crippen molar-refractivity contribution in [2.24, 2.45) is 0 Å². The van der Waals surface area contributed by atoms with Crippen LogP contribution in [0.2, 0.25) is 0 Å². The van der Waals surface area contributed by atoms with Crippen molar-refractivity contribution in [1.82, 2.24) is 24.7 Å². The Labute approximate surface area is 285 Å². The predicted molar refractivity (Wildman–Crippen MR) is 194 cm³/mol. The van der Waals surface area contributed by atoms with Crippen LogP contribution in [-0.4, -0.2) is 37.9 Å². The minimum absolute atomic E-state index is 0.227. The van der Waals surface area contributed by atoms with Gasteiger partial charge in [0.05, 0.1) is 41.8 Å². The molecule has 0 aliphatic heterocycles. The van der Waals surface area contributed by atoms with Crippen molar-refractivity contribution >= 4 is 39.9 Å². The van der Waals surface area contributed by atoms with E-state index in [2.05, 4.69) is 51.7 Å². The van der Waals surface area contributed by atoms with Crippen LogP contribution in [0.4, 0.5) is 27.9 Å². The van der Waals surface area contributed by atoms with Crippen molar-refractivity contribution in [2.75, 3.05) is 23.1 Å². The third-order valence-electron chi connectivity index (χ3n) is 8.14.